The van der Waals surface area contributed by atoms with Crippen molar-refractivity contribution in [2.45, 2.75) is 19.9 Å². The van der Waals surface area contributed by atoms with E-state index >= 15 is 0 Å². The zero-order valence-electron chi connectivity index (χ0n) is 20.6. The van der Waals surface area contributed by atoms with Crippen LogP contribution in [0.2, 0.25) is 0 Å². The van der Waals surface area contributed by atoms with Gasteiger partial charge in [0.2, 0.25) is 0 Å². The number of quaternary nitrogens is 1. The molecule has 0 spiro atoms. The molecule has 6 heteroatoms. The number of carbonyl (C=O) groups is 1. The van der Waals surface area contributed by atoms with Gasteiger partial charge < -0.3 is 19.5 Å². The molecule has 6 nitrogen and oxygen atoms in total. The van der Waals surface area contributed by atoms with E-state index in [-0.39, 0.29) is 12.5 Å². The van der Waals surface area contributed by atoms with Crippen molar-refractivity contribution in [3.8, 4) is 11.3 Å². The fraction of sp³-hybridized carbons (Fsp3) is 0.267. The predicted molar refractivity (Wildman–Crippen MR) is 143 cm³/mol. The number of hydroxylamine groups is 3. The molecular weight excluding hydrogens is 450 g/mol. The monoisotopic (exact) mass is 481 g/mol. The topological polar surface area (TPSA) is 65.5 Å². The smallest absolute Gasteiger partial charge is 0.259 e. The predicted octanol–water partition coefficient (Wildman–Crippen LogP) is 5.80. The Balaban J connectivity index is 1.76. The molecule has 0 aliphatic carbocycles. The second-order valence-electron chi connectivity index (χ2n) is 9.27. The van der Waals surface area contributed by atoms with Crippen LogP contribution in [0.4, 0.5) is 5.69 Å². The standard InChI is InChI=1S/C30H31N3O3/c1-2-17-32(24-13-7-4-8-14-24)30(34)28-25-15-9-10-16-27(25)31-29(23-11-5-3-6-12-23)26(28)22-33(35)18-20-36-21-19-33/h3-16H,2,17-22H2,1H3. The minimum atomic E-state index is -0.431. The summed E-state index contributed by atoms with van der Waals surface area (Å²) in [7, 11) is 0. The van der Waals surface area contributed by atoms with Crippen molar-refractivity contribution in [2.24, 2.45) is 0 Å². The minimum Gasteiger partial charge on any atom is -0.632 e. The molecule has 36 heavy (non-hydrogen) atoms. The maximum Gasteiger partial charge on any atom is 0.259 e. The number of amides is 1. The van der Waals surface area contributed by atoms with Crippen molar-refractivity contribution < 1.29 is 14.2 Å². The number of morpholine rings is 1. The molecule has 1 amide bonds. The summed E-state index contributed by atoms with van der Waals surface area (Å²) >= 11 is 0. The number of aromatic nitrogens is 1. The van der Waals surface area contributed by atoms with E-state index in [1.807, 2.05) is 89.8 Å². The van der Waals surface area contributed by atoms with Gasteiger partial charge in [0, 0.05) is 28.7 Å². The summed E-state index contributed by atoms with van der Waals surface area (Å²) in [5, 5.41) is 14.6. The highest BCUT2D eigenvalue weighted by molar-refractivity contribution is 6.15. The number of anilines is 1. The average molecular weight is 482 g/mol. The van der Waals surface area contributed by atoms with Crippen LogP contribution in [0.25, 0.3) is 22.2 Å². The summed E-state index contributed by atoms with van der Waals surface area (Å²) in [5.74, 6) is -0.103. The molecule has 0 saturated carbocycles. The fourth-order valence-electron chi connectivity index (χ4n) is 4.92. The zero-order chi connectivity index (χ0) is 25.0. The zero-order valence-corrected chi connectivity index (χ0v) is 20.6. The molecule has 184 valence electrons. The lowest BCUT2D eigenvalue weighted by Crippen LogP contribution is -2.50. The molecule has 1 aliphatic rings. The molecule has 2 heterocycles. The van der Waals surface area contributed by atoms with Crippen LogP contribution in [-0.4, -0.2) is 48.4 Å². The third-order valence-corrected chi connectivity index (χ3v) is 6.75. The van der Waals surface area contributed by atoms with Gasteiger partial charge in [-0.15, -0.1) is 0 Å². The van der Waals surface area contributed by atoms with Crippen LogP contribution < -0.4 is 4.90 Å². The molecule has 4 aromatic rings. The Morgan fingerprint density at radius 3 is 2.28 bits per heavy atom. The van der Waals surface area contributed by atoms with Gasteiger partial charge in [0.05, 0.1) is 30.0 Å². The Hall–Kier alpha value is -3.58. The van der Waals surface area contributed by atoms with Gasteiger partial charge in [-0.1, -0.05) is 73.7 Å². The molecule has 0 N–H and O–H groups in total. The van der Waals surface area contributed by atoms with Gasteiger partial charge in [-0.05, 0) is 24.6 Å². The Kier molecular flexibility index (Phi) is 7.09. The minimum absolute atomic E-state index is 0.103. The maximum atomic E-state index is 14.5. The Morgan fingerprint density at radius 2 is 1.58 bits per heavy atom. The van der Waals surface area contributed by atoms with Crippen LogP contribution in [0, 0.1) is 5.21 Å². The van der Waals surface area contributed by atoms with Crippen LogP contribution in [0.1, 0.15) is 29.3 Å². The molecule has 0 unspecified atom stereocenters. The van der Waals surface area contributed by atoms with Gasteiger partial charge in [0.15, 0.2) is 0 Å². The van der Waals surface area contributed by atoms with Crippen molar-refractivity contribution in [2.75, 3.05) is 37.7 Å². The molecular formula is C30H31N3O3. The van der Waals surface area contributed by atoms with Crippen molar-refractivity contribution in [1.29, 1.82) is 0 Å². The fourth-order valence-corrected chi connectivity index (χ4v) is 4.92. The van der Waals surface area contributed by atoms with E-state index in [4.69, 9.17) is 9.72 Å². The molecule has 0 radical (unpaired) electrons. The van der Waals surface area contributed by atoms with Gasteiger partial charge in [0.1, 0.15) is 19.6 Å². The normalized spacial score (nSPS) is 15.1. The Bertz CT molecular complexity index is 1340. The maximum absolute atomic E-state index is 14.5. The number of para-hydroxylation sites is 2. The number of nitrogens with zero attached hydrogens (tertiary/aromatic N) is 3. The van der Waals surface area contributed by atoms with E-state index in [9.17, 15) is 10.0 Å². The number of benzene rings is 3. The van der Waals surface area contributed by atoms with Crippen LogP contribution in [0.15, 0.2) is 84.9 Å². The number of pyridine rings is 1. The Labute approximate surface area is 211 Å². The van der Waals surface area contributed by atoms with Gasteiger partial charge in [-0.25, -0.2) is 4.98 Å². The molecule has 3 aromatic carbocycles. The first-order valence-electron chi connectivity index (χ1n) is 12.6. The van der Waals surface area contributed by atoms with E-state index < -0.39 is 4.65 Å². The van der Waals surface area contributed by atoms with E-state index in [1.165, 1.54) is 0 Å². The lowest BCUT2D eigenvalue weighted by atomic mass is 9.94. The number of carbonyl (C=O) groups excluding carboxylic acids is 1. The van der Waals surface area contributed by atoms with Gasteiger partial charge in [-0.3, -0.25) is 4.79 Å². The number of ether oxygens (including phenoxy) is 1. The number of rotatable bonds is 7. The summed E-state index contributed by atoms with van der Waals surface area (Å²) < 4.78 is 5.06. The number of hydrogen-bond acceptors (Lipinski definition) is 4. The van der Waals surface area contributed by atoms with E-state index in [1.54, 1.807) is 0 Å². The lowest BCUT2D eigenvalue weighted by molar-refractivity contribution is -0.901. The van der Waals surface area contributed by atoms with Crippen molar-refractivity contribution in [3.05, 3.63) is 101 Å². The quantitative estimate of drug-likeness (QED) is 0.247. The van der Waals surface area contributed by atoms with Gasteiger partial charge in [0.25, 0.3) is 5.91 Å². The van der Waals surface area contributed by atoms with E-state index in [0.29, 0.717) is 49.7 Å². The van der Waals surface area contributed by atoms with Crippen molar-refractivity contribution >= 4 is 22.5 Å². The molecule has 1 fully saturated rings. The molecule has 1 aromatic heterocycles. The number of fused-ring (bicyclic) bond motifs is 1. The summed E-state index contributed by atoms with van der Waals surface area (Å²) in [6.45, 7) is 4.35. The average Bonchev–Trinajstić information content (AvgIpc) is 2.92. The first-order valence-corrected chi connectivity index (χ1v) is 12.6. The number of hydrogen-bond donors (Lipinski definition) is 0. The first-order chi connectivity index (χ1) is 17.6. The van der Waals surface area contributed by atoms with Crippen molar-refractivity contribution in [1.82, 2.24) is 4.98 Å². The van der Waals surface area contributed by atoms with E-state index in [0.717, 1.165) is 28.6 Å². The molecule has 0 bridgehead atoms. The molecule has 1 aliphatic heterocycles. The second-order valence-corrected chi connectivity index (χ2v) is 9.27. The molecule has 0 atom stereocenters. The van der Waals surface area contributed by atoms with Crippen LogP contribution in [0.5, 0.6) is 0 Å². The summed E-state index contributed by atoms with van der Waals surface area (Å²) in [6.07, 6.45) is 0.809. The van der Waals surface area contributed by atoms with Crippen LogP contribution in [-0.2, 0) is 11.3 Å². The third kappa shape index (κ3) is 4.88. The Morgan fingerprint density at radius 1 is 0.944 bits per heavy atom. The molecule has 5 rings (SSSR count). The van der Waals surface area contributed by atoms with E-state index in [2.05, 4.69) is 6.92 Å². The summed E-state index contributed by atoms with van der Waals surface area (Å²) in [4.78, 5) is 21.3. The van der Waals surface area contributed by atoms with Crippen LogP contribution >= 0.6 is 0 Å². The highest BCUT2D eigenvalue weighted by Crippen LogP contribution is 2.34. The highest BCUT2D eigenvalue weighted by atomic mass is 16.6. The summed E-state index contributed by atoms with van der Waals surface area (Å²) in [6, 6.07) is 27.3. The lowest BCUT2D eigenvalue weighted by Gasteiger charge is -2.45. The first kappa shape index (κ1) is 24.1. The van der Waals surface area contributed by atoms with Crippen LogP contribution in [0.3, 0.4) is 0 Å². The van der Waals surface area contributed by atoms with Gasteiger partial charge >= 0.3 is 0 Å². The third-order valence-electron chi connectivity index (χ3n) is 6.75. The highest BCUT2D eigenvalue weighted by Gasteiger charge is 2.31. The molecule has 1 saturated heterocycles. The summed E-state index contributed by atoms with van der Waals surface area (Å²) in [5.41, 5.74) is 4.45. The van der Waals surface area contributed by atoms with Gasteiger partial charge in [-0.2, -0.15) is 0 Å². The second kappa shape index (κ2) is 10.6. The SMILES string of the molecule is CCCN(C(=O)c1c(C[N+]2([O-])CCOCC2)c(-c2ccccc2)nc2ccccc12)c1ccccc1. The largest absolute Gasteiger partial charge is 0.632 e. The van der Waals surface area contributed by atoms with Crippen molar-refractivity contribution in [3.63, 3.8) is 0 Å².